The quantitative estimate of drug-likeness (QED) is 0.819. The molecule has 0 aromatic heterocycles. The predicted molar refractivity (Wildman–Crippen MR) is 59.1 cm³/mol. The van der Waals surface area contributed by atoms with Gasteiger partial charge >= 0.3 is 5.51 Å². The molecule has 0 radical (unpaired) electrons. The van der Waals surface area contributed by atoms with Gasteiger partial charge in [-0.3, -0.25) is 4.79 Å². The van der Waals surface area contributed by atoms with Crippen molar-refractivity contribution in [3.05, 3.63) is 29.8 Å². The number of alkyl halides is 3. The molecule has 17 heavy (non-hydrogen) atoms. The lowest BCUT2D eigenvalue weighted by Gasteiger charge is -2.12. The number of rotatable bonds is 4. The zero-order valence-corrected chi connectivity index (χ0v) is 9.52. The van der Waals surface area contributed by atoms with Crippen molar-refractivity contribution in [1.29, 1.82) is 0 Å². The summed E-state index contributed by atoms with van der Waals surface area (Å²) >= 11 is -0.221. The van der Waals surface area contributed by atoms with Crippen molar-refractivity contribution >= 4 is 17.7 Å². The van der Waals surface area contributed by atoms with E-state index in [1.54, 1.807) is 6.07 Å². The molecule has 1 unspecified atom stereocenters. The third kappa shape index (κ3) is 5.10. The molecule has 0 heterocycles. The molecular formula is C10H11F3N2OS. The van der Waals surface area contributed by atoms with Crippen LogP contribution in [0, 0.1) is 0 Å². The third-order valence-electron chi connectivity index (χ3n) is 1.94. The van der Waals surface area contributed by atoms with Crippen LogP contribution in [0.15, 0.2) is 29.2 Å². The number of hydrogen-bond acceptors (Lipinski definition) is 3. The van der Waals surface area contributed by atoms with E-state index in [0.717, 1.165) is 0 Å². The molecule has 1 amide bonds. The highest BCUT2D eigenvalue weighted by molar-refractivity contribution is 8.00. The van der Waals surface area contributed by atoms with Crippen LogP contribution >= 0.6 is 11.8 Å². The van der Waals surface area contributed by atoms with Crippen LogP contribution in [0.2, 0.25) is 0 Å². The molecule has 0 spiro atoms. The zero-order valence-electron chi connectivity index (χ0n) is 8.70. The number of benzene rings is 1. The maximum absolute atomic E-state index is 12.1. The minimum absolute atomic E-state index is 0.0370. The Morgan fingerprint density at radius 2 is 2.06 bits per heavy atom. The van der Waals surface area contributed by atoms with Crippen LogP contribution in [0.3, 0.4) is 0 Å². The Bertz CT molecular complexity index is 409. The summed E-state index contributed by atoms with van der Waals surface area (Å²) in [5.74, 6) is -0.591. The second-order valence-corrected chi connectivity index (χ2v) is 4.54. The van der Waals surface area contributed by atoms with E-state index < -0.39 is 17.5 Å². The van der Waals surface area contributed by atoms with Gasteiger partial charge in [-0.05, 0) is 29.5 Å². The minimum Gasteiger partial charge on any atom is -0.370 e. The van der Waals surface area contributed by atoms with E-state index in [-0.39, 0.29) is 23.1 Å². The maximum Gasteiger partial charge on any atom is 0.446 e. The first kappa shape index (κ1) is 13.9. The smallest absolute Gasteiger partial charge is 0.370 e. The second-order valence-electron chi connectivity index (χ2n) is 3.40. The molecule has 0 bridgehead atoms. The first-order valence-electron chi connectivity index (χ1n) is 4.67. The summed E-state index contributed by atoms with van der Waals surface area (Å²) in [6.07, 6.45) is -0.0971. The summed E-state index contributed by atoms with van der Waals surface area (Å²) < 4.78 is 36.4. The highest BCUT2D eigenvalue weighted by Crippen LogP contribution is 2.37. The van der Waals surface area contributed by atoms with Gasteiger partial charge in [0.2, 0.25) is 5.91 Å². The Morgan fingerprint density at radius 1 is 1.41 bits per heavy atom. The van der Waals surface area contributed by atoms with Gasteiger partial charge in [0.1, 0.15) is 0 Å². The monoisotopic (exact) mass is 264 g/mol. The molecule has 0 aliphatic carbocycles. The van der Waals surface area contributed by atoms with Crippen molar-refractivity contribution in [2.24, 2.45) is 11.5 Å². The number of halogens is 3. The van der Waals surface area contributed by atoms with Gasteiger partial charge in [-0.1, -0.05) is 12.1 Å². The van der Waals surface area contributed by atoms with Gasteiger partial charge in [-0.25, -0.2) is 0 Å². The largest absolute Gasteiger partial charge is 0.446 e. The summed E-state index contributed by atoms with van der Waals surface area (Å²) in [6.45, 7) is 0. The molecule has 1 rings (SSSR count). The first-order valence-corrected chi connectivity index (χ1v) is 5.49. The van der Waals surface area contributed by atoms with Crippen molar-refractivity contribution in [2.45, 2.75) is 22.9 Å². The Morgan fingerprint density at radius 3 is 2.59 bits per heavy atom. The van der Waals surface area contributed by atoms with Crippen LogP contribution < -0.4 is 11.5 Å². The SMILES string of the molecule is NC(=O)CC(N)c1cccc(SC(F)(F)F)c1. The number of amides is 1. The summed E-state index contributed by atoms with van der Waals surface area (Å²) in [7, 11) is 0. The lowest BCUT2D eigenvalue weighted by Crippen LogP contribution is -2.20. The average Bonchev–Trinajstić information content (AvgIpc) is 2.14. The van der Waals surface area contributed by atoms with Gasteiger partial charge in [0.25, 0.3) is 0 Å². The topological polar surface area (TPSA) is 69.1 Å². The van der Waals surface area contributed by atoms with E-state index in [9.17, 15) is 18.0 Å². The highest BCUT2D eigenvalue weighted by atomic mass is 32.2. The van der Waals surface area contributed by atoms with Crippen LogP contribution in [0.1, 0.15) is 18.0 Å². The number of hydrogen-bond donors (Lipinski definition) is 2. The summed E-state index contributed by atoms with van der Waals surface area (Å²) in [5.41, 5.74) is 6.72. The Kier molecular flexibility index (Phi) is 4.41. The molecule has 0 aliphatic rings. The van der Waals surface area contributed by atoms with Gasteiger partial charge in [-0.15, -0.1) is 0 Å². The van der Waals surface area contributed by atoms with E-state index in [1.807, 2.05) is 0 Å². The van der Waals surface area contributed by atoms with E-state index in [1.165, 1.54) is 18.2 Å². The van der Waals surface area contributed by atoms with Crippen molar-refractivity contribution in [1.82, 2.24) is 0 Å². The molecule has 3 nitrogen and oxygen atoms in total. The van der Waals surface area contributed by atoms with Gasteiger partial charge in [-0.2, -0.15) is 13.2 Å². The molecule has 0 saturated heterocycles. The molecule has 0 saturated carbocycles. The lowest BCUT2D eigenvalue weighted by atomic mass is 10.0. The molecule has 1 aromatic carbocycles. The van der Waals surface area contributed by atoms with Crippen LogP contribution in [-0.2, 0) is 4.79 Å². The van der Waals surface area contributed by atoms with E-state index in [0.29, 0.717) is 5.56 Å². The molecule has 4 N–H and O–H groups in total. The first-order chi connectivity index (χ1) is 7.78. The lowest BCUT2D eigenvalue weighted by molar-refractivity contribution is -0.118. The van der Waals surface area contributed by atoms with Crippen molar-refractivity contribution < 1.29 is 18.0 Å². The third-order valence-corrected chi connectivity index (χ3v) is 2.66. The fraction of sp³-hybridized carbons (Fsp3) is 0.300. The normalized spacial score (nSPS) is 13.4. The van der Waals surface area contributed by atoms with E-state index in [2.05, 4.69) is 0 Å². The van der Waals surface area contributed by atoms with Crippen LogP contribution in [-0.4, -0.2) is 11.4 Å². The molecule has 0 aliphatic heterocycles. The van der Waals surface area contributed by atoms with Crippen molar-refractivity contribution in [3.8, 4) is 0 Å². The van der Waals surface area contributed by atoms with Gasteiger partial charge < -0.3 is 11.5 Å². The second kappa shape index (κ2) is 5.42. The van der Waals surface area contributed by atoms with E-state index >= 15 is 0 Å². The summed E-state index contributed by atoms with van der Waals surface area (Å²) in [4.78, 5) is 10.7. The van der Waals surface area contributed by atoms with Gasteiger partial charge in [0, 0.05) is 17.4 Å². The van der Waals surface area contributed by atoms with Crippen molar-refractivity contribution in [3.63, 3.8) is 0 Å². The van der Waals surface area contributed by atoms with E-state index in [4.69, 9.17) is 11.5 Å². The molecule has 1 atom stereocenters. The van der Waals surface area contributed by atoms with Crippen LogP contribution in [0.5, 0.6) is 0 Å². The molecular weight excluding hydrogens is 253 g/mol. The number of thioether (sulfide) groups is 1. The molecule has 1 aromatic rings. The zero-order chi connectivity index (χ0) is 13.1. The molecule has 94 valence electrons. The highest BCUT2D eigenvalue weighted by Gasteiger charge is 2.29. The number of primary amides is 1. The maximum atomic E-state index is 12.1. The average molecular weight is 264 g/mol. The standard InChI is InChI=1S/C10H11F3N2OS/c11-10(12,13)17-7-3-1-2-6(4-7)8(14)5-9(15)16/h1-4,8H,5,14H2,(H2,15,16). The minimum atomic E-state index is -4.34. The Balaban J connectivity index is 2.82. The Labute approximate surface area is 100 Å². The van der Waals surface area contributed by atoms with Crippen LogP contribution in [0.25, 0.3) is 0 Å². The molecule has 0 fully saturated rings. The van der Waals surface area contributed by atoms with Crippen LogP contribution in [0.4, 0.5) is 13.2 Å². The fourth-order valence-electron chi connectivity index (χ4n) is 1.28. The number of carbonyl (C=O) groups is 1. The summed E-state index contributed by atoms with van der Waals surface area (Å²) in [5, 5.41) is 0. The van der Waals surface area contributed by atoms with Gasteiger partial charge in [0.05, 0.1) is 0 Å². The van der Waals surface area contributed by atoms with Gasteiger partial charge in [0.15, 0.2) is 0 Å². The van der Waals surface area contributed by atoms with Crippen molar-refractivity contribution in [2.75, 3.05) is 0 Å². The fourth-order valence-corrected chi connectivity index (χ4v) is 1.89. The Hall–Kier alpha value is -1.21. The molecule has 7 heteroatoms. The number of carbonyl (C=O) groups excluding carboxylic acids is 1. The summed E-state index contributed by atoms with van der Waals surface area (Å²) in [6, 6.07) is 4.99. The predicted octanol–water partition coefficient (Wildman–Crippen LogP) is 2.17. The number of nitrogens with two attached hydrogens (primary N) is 2.